The van der Waals surface area contributed by atoms with Crippen molar-refractivity contribution in [2.24, 2.45) is 0 Å². The molecule has 0 atom stereocenters. The zero-order chi connectivity index (χ0) is 12.4. The molecule has 84 valence electrons. The van der Waals surface area contributed by atoms with E-state index < -0.39 is 29.0 Å². The van der Waals surface area contributed by atoms with E-state index in [1.165, 1.54) is 8.84 Å². The van der Waals surface area contributed by atoms with E-state index in [2.05, 4.69) is 6.92 Å². The van der Waals surface area contributed by atoms with Crippen molar-refractivity contribution in [2.75, 3.05) is 0 Å². The molecule has 0 bridgehead atoms. The Morgan fingerprint density at radius 2 is 2.00 bits per heavy atom. The first-order valence-corrected chi connectivity index (χ1v) is 16.2. The fraction of sp³-hybridized carbons (Fsp3) is 0.222. The molecule has 0 saturated carbocycles. The molecule has 0 aliphatic carbocycles. The van der Waals surface area contributed by atoms with E-state index >= 15 is 0 Å². The van der Waals surface area contributed by atoms with Gasteiger partial charge in [-0.15, -0.1) is 0 Å². The molecule has 1 aromatic rings. The van der Waals surface area contributed by atoms with Gasteiger partial charge in [0.1, 0.15) is 0 Å². The average molecular weight is 449 g/mol. The third-order valence-corrected chi connectivity index (χ3v) is 13.6. The van der Waals surface area contributed by atoms with E-state index in [0.29, 0.717) is 5.56 Å². The first-order valence-electron chi connectivity index (χ1n) is 4.60. The van der Waals surface area contributed by atoms with Gasteiger partial charge in [-0.2, -0.15) is 0 Å². The summed E-state index contributed by atoms with van der Waals surface area (Å²) in [5, 5.41) is 8.88. The Hall–Kier alpha value is 0.285. The van der Waals surface area contributed by atoms with Crippen LogP contribution in [0.4, 0.5) is 0 Å². The predicted molar refractivity (Wildman–Crippen MR) is 67.0 cm³/mol. The molecule has 0 spiro atoms. The summed E-state index contributed by atoms with van der Waals surface area (Å²) in [6.07, 6.45) is 0. The van der Waals surface area contributed by atoms with E-state index in [1.54, 1.807) is 12.1 Å². The Bertz CT molecular complexity index is 386. The van der Waals surface area contributed by atoms with Crippen LogP contribution in [0.5, 0.6) is 0 Å². The summed E-state index contributed by atoms with van der Waals surface area (Å²) >= 11 is -0.860. The third-order valence-electron chi connectivity index (χ3n) is 1.58. The van der Waals surface area contributed by atoms with Gasteiger partial charge in [0, 0.05) is 0 Å². The summed E-state index contributed by atoms with van der Waals surface area (Å²) in [6.45, 7) is 2.18. The van der Waals surface area contributed by atoms with Gasteiger partial charge < -0.3 is 11.1 Å². The second kappa shape index (κ2) is 12.7. The van der Waals surface area contributed by atoms with E-state index in [9.17, 15) is 4.79 Å². The first kappa shape index (κ1) is 19.6. The summed E-state index contributed by atoms with van der Waals surface area (Å²) in [4.78, 5) is 13.3. The number of hydrogen-bond donors (Lipinski definition) is 1. The van der Waals surface area contributed by atoms with Crippen LogP contribution in [0.25, 0.3) is 16.0 Å². The molecule has 8 heteroatoms. The van der Waals surface area contributed by atoms with Crippen LogP contribution in [0.15, 0.2) is 29.2 Å². The van der Waals surface area contributed by atoms with Gasteiger partial charge in [-0.25, -0.2) is 0 Å². The SMILES string of the molecule is C[CH2][Hg][S]c1ccccc1C(=O)O.[N-]=[N+]=[N-].[NaH]. The van der Waals surface area contributed by atoms with Gasteiger partial charge in [-0.1, -0.05) is 0 Å². The number of benzene rings is 1. The Kier molecular flexibility index (Phi) is 14.7. The molecule has 0 radical (unpaired) electrons. The molecule has 0 unspecified atom stereocenters. The van der Waals surface area contributed by atoms with Crippen LogP contribution < -0.4 is 0 Å². The van der Waals surface area contributed by atoms with Crippen molar-refractivity contribution in [1.82, 2.24) is 0 Å². The van der Waals surface area contributed by atoms with Gasteiger partial charge in [-0.05, 0) is 0 Å². The first-order chi connectivity index (χ1) is 7.67. The molecule has 0 aliphatic heterocycles. The fourth-order valence-corrected chi connectivity index (χ4v) is 9.77. The van der Waals surface area contributed by atoms with E-state index in [4.69, 9.17) is 16.2 Å². The van der Waals surface area contributed by atoms with E-state index in [-0.39, 0.29) is 29.6 Å². The number of rotatable bonds is 4. The molecule has 0 saturated heterocycles. The van der Waals surface area contributed by atoms with Gasteiger partial charge in [-0.3, -0.25) is 4.91 Å². The molecular weight excluding hydrogens is 438 g/mol. The molecule has 0 aliphatic rings. The quantitative estimate of drug-likeness (QED) is 0.332. The average Bonchev–Trinajstić information content (AvgIpc) is 2.27. The number of carboxylic acids is 1. The minimum atomic E-state index is -0.860. The molecule has 17 heavy (non-hydrogen) atoms. The number of carbonyl (C=O) groups is 1. The van der Waals surface area contributed by atoms with Gasteiger partial charge in [0.15, 0.2) is 0 Å². The fourth-order valence-electron chi connectivity index (χ4n) is 0.981. The molecule has 1 aromatic carbocycles. The Morgan fingerprint density at radius 3 is 2.47 bits per heavy atom. The summed E-state index contributed by atoms with van der Waals surface area (Å²) < 4.78 is 1.28. The van der Waals surface area contributed by atoms with E-state index in [0.717, 1.165) is 4.90 Å². The zero-order valence-electron chi connectivity index (χ0n) is 8.83. The van der Waals surface area contributed by atoms with Crippen LogP contribution in [0.1, 0.15) is 17.3 Å². The number of aromatic carboxylic acids is 1. The molecule has 0 amide bonds. The maximum absolute atomic E-state index is 10.8. The second-order valence-electron chi connectivity index (χ2n) is 2.74. The van der Waals surface area contributed by atoms with Crippen molar-refractivity contribution < 1.29 is 33.0 Å². The standard InChI is InChI=1S/C7H6O2S.C2H5.Hg.N3.Na.H/c8-7(9)5-3-1-2-4-6(5)10;1-2;;1-3-2;;/h1-4,10H,(H,8,9);1H2,2H3;;;;/q;;+1;-1;;/p-1. The third kappa shape index (κ3) is 8.94. The van der Waals surface area contributed by atoms with Crippen LogP contribution in [0, 0.1) is 0 Å². The van der Waals surface area contributed by atoms with Gasteiger partial charge in [0.05, 0.1) is 0 Å². The summed E-state index contributed by atoms with van der Waals surface area (Å²) in [6, 6.07) is 7.26. The predicted octanol–water partition coefficient (Wildman–Crippen LogP) is 3.13. The molecule has 0 heterocycles. The molecule has 1 rings (SSSR count). The Morgan fingerprint density at radius 1 is 1.47 bits per heavy atom. The van der Waals surface area contributed by atoms with Crippen LogP contribution in [0.2, 0.25) is 3.93 Å². The van der Waals surface area contributed by atoms with Gasteiger partial charge in [0.2, 0.25) is 0 Å². The molecule has 0 fully saturated rings. The second-order valence-corrected chi connectivity index (χ2v) is 15.9. The number of carboxylic acid groups (broad SMARTS) is 1. The molecular formula is C9H11HgN3NaO2S-. The van der Waals surface area contributed by atoms with Crippen molar-refractivity contribution in [3.8, 4) is 0 Å². The molecule has 1 N–H and O–H groups in total. The van der Waals surface area contributed by atoms with Crippen LogP contribution >= 0.6 is 8.24 Å². The number of hydrogen-bond acceptors (Lipinski definition) is 2. The van der Waals surface area contributed by atoms with Crippen molar-refractivity contribution in [2.45, 2.75) is 15.7 Å². The molecule has 5 nitrogen and oxygen atoms in total. The van der Waals surface area contributed by atoms with Crippen molar-refractivity contribution >= 4 is 43.8 Å². The van der Waals surface area contributed by atoms with Crippen molar-refractivity contribution in [1.29, 1.82) is 0 Å². The number of nitrogens with zero attached hydrogens (tertiary/aromatic N) is 3. The van der Waals surface area contributed by atoms with E-state index in [1.807, 2.05) is 20.4 Å². The summed E-state index contributed by atoms with van der Waals surface area (Å²) in [7, 11) is 1.82. The van der Waals surface area contributed by atoms with Crippen molar-refractivity contribution in [3.63, 3.8) is 0 Å². The maximum atomic E-state index is 10.8. The van der Waals surface area contributed by atoms with Crippen LogP contribution in [-0.2, 0) is 23.1 Å². The van der Waals surface area contributed by atoms with Gasteiger partial charge in [0.25, 0.3) is 0 Å². The van der Waals surface area contributed by atoms with Crippen LogP contribution in [0.3, 0.4) is 0 Å². The van der Waals surface area contributed by atoms with Crippen molar-refractivity contribution in [3.05, 3.63) is 45.8 Å². The minimum absolute atomic E-state index is 0. The summed E-state index contributed by atoms with van der Waals surface area (Å²) in [5.74, 6) is -0.812. The molecule has 0 aromatic heterocycles. The Balaban J connectivity index is 0. The Labute approximate surface area is 137 Å². The topological polar surface area (TPSA) is 96.0 Å². The van der Waals surface area contributed by atoms with Crippen LogP contribution in [-0.4, -0.2) is 40.6 Å². The zero-order valence-corrected chi connectivity index (χ0v) is 15.1. The normalized spacial score (nSPS) is 7.59. The monoisotopic (exact) mass is 450 g/mol. The van der Waals surface area contributed by atoms with Gasteiger partial charge >= 0.3 is 122 Å². The summed E-state index contributed by atoms with van der Waals surface area (Å²) in [5.41, 5.74) is 14.0.